The average molecular weight is 245 g/mol. The van der Waals surface area contributed by atoms with Crippen molar-refractivity contribution < 1.29 is 9.59 Å². The monoisotopic (exact) mass is 245 g/mol. The van der Waals surface area contributed by atoms with Gasteiger partial charge in [0.2, 0.25) is 5.91 Å². The molecule has 2 amide bonds. The van der Waals surface area contributed by atoms with Crippen LogP contribution in [-0.2, 0) is 4.79 Å². The molecule has 0 unspecified atom stereocenters. The van der Waals surface area contributed by atoms with E-state index in [1.165, 1.54) is 0 Å². The van der Waals surface area contributed by atoms with Crippen LogP contribution in [0.2, 0.25) is 0 Å². The lowest BCUT2D eigenvalue weighted by molar-refractivity contribution is -0.127. The van der Waals surface area contributed by atoms with Crippen molar-refractivity contribution in [2.45, 2.75) is 19.3 Å². The van der Waals surface area contributed by atoms with Gasteiger partial charge in [-0.3, -0.25) is 9.59 Å². The first kappa shape index (κ1) is 12.6. The van der Waals surface area contributed by atoms with Crippen LogP contribution in [0.15, 0.2) is 24.3 Å². The predicted molar refractivity (Wildman–Crippen MR) is 68.0 cm³/mol. The Hall–Kier alpha value is -1.84. The molecule has 4 nitrogen and oxygen atoms in total. The van der Waals surface area contributed by atoms with E-state index in [0.29, 0.717) is 18.5 Å². The minimum Gasteiger partial charge on any atom is -0.352 e. The lowest BCUT2D eigenvalue weighted by Crippen LogP contribution is -2.30. The van der Waals surface area contributed by atoms with Gasteiger partial charge in [0.15, 0.2) is 0 Å². The molecular formula is C14H17N2O2. The fourth-order valence-electron chi connectivity index (χ4n) is 2.05. The van der Waals surface area contributed by atoms with Gasteiger partial charge in [0.1, 0.15) is 0 Å². The van der Waals surface area contributed by atoms with Gasteiger partial charge < -0.3 is 10.2 Å². The highest BCUT2D eigenvalue weighted by Crippen LogP contribution is 2.09. The Morgan fingerprint density at radius 2 is 2.17 bits per heavy atom. The molecule has 1 heterocycles. The number of amides is 2. The topological polar surface area (TPSA) is 49.4 Å². The van der Waals surface area contributed by atoms with E-state index >= 15 is 0 Å². The predicted octanol–water partition coefficient (Wildman–Crippen LogP) is 1.23. The van der Waals surface area contributed by atoms with E-state index in [1.807, 2.05) is 4.90 Å². The molecule has 1 aliphatic heterocycles. The molecule has 2 rings (SSSR count). The summed E-state index contributed by atoms with van der Waals surface area (Å²) in [5.41, 5.74) is 0.644. The molecule has 1 N–H and O–H groups in total. The second-order valence-electron chi connectivity index (χ2n) is 4.38. The first-order chi connectivity index (χ1) is 8.77. The van der Waals surface area contributed by atoms with Gasteiger partial charge in [0, 0.05) is 31.6 Å². The molecule has 1 radical (unpaired) electrons. The first-order valence-electron chi connectivity index (χ1n) is 6.29. The molecule has 1 aliphatic rings. The van der Waals surface area contributed by atoms with Crippen molar-refractivity contribution in [3.8, 4) is 0 Å². The molecule has 1 fully saturated rings. The summed E-state index contributed by atoms with van der Waals surface area (Å²) in [5, 5.41) is 2.85. The maximum Gasteiger partial charge on any atom is 0.251 e. The summed E-state index contributed by atoms with van der Waals surface area (Å²) in [6.45, 7) is 2.20. The van der Waals surface area contributed by atoms with E-state index in [2.05, 4.69) is 11.4 Å². The number of hydrogen-bond acceptors (Lipinski definition) is 2. The summed E-state index contributed by atoms with van der Waals surface area (Å²) in [6, 6.07) is 9.78. The Balaban J connectivity index is 1.66. The summed E-state index contributed by atoms with van der Waals surface area (Å²) in [5.74, 6) is 0.164. The zero-order valence-corrected chi connectivity index (χ0v) is 10.3. The molecule has 18 heavy (non-hydrogen) atoms. The maximum absolute atomic E-state index is 11.7. The number of likely N-dealkylation sites (tertiary alicyclic amines) is 1. The SMILES string of the molecule is O=C(NCCCN1CCCC1=O)c1cc[c]cc1. The van der Waals surface area contributed by atoms with Crippen LogP contribution in [0.4, 0.5) is 0 Å². The van der Waals surface area contributed by atoms with Gasteiger partial charge in [-0.25, -0.2) is 0 Å². The second kappa shape index (κ2) is 6.19. The molecule has 1 saturated heterocycles. The highest BCUT2D eigenvalue weighted by Gasteiger charge is 2.18. The minimum atomic E-state index is -0.0725. The maximum atomic E-state index is 11.7. The van der Waals surface area contributed by atoms with Gasteiger partial charge in [0.25, 0.3) is 5.91 Å². The molecule has 95 valence electrons. The Bertz CT molecular complexity index is 417. The fourth-order valence-corrected chi connectivity index (χ4v) is 2.05. The van der Waals surface area contributed by atoms with Crippen LogP contribution in [0.1, 0.15) is 29.6 Å². The smallest absolute Gasteiger partial charge is 0.251 e. The summed E-state index contributed by atoms with van der Waals surface area (Å²) >= 11 is 0. The average Bonchev–Trinajstić information content (AvgIpc) is 2.81. The molecule has 0 aromatic heterocycles. The van der Waals surface area contributed by atoms with Crippen LogP contribution >= 0.6 is 0 Å². The van der Waals surface area contributed by atoms with Gasteiger partial charge in [-0.2, -0.15) is 0 Å². The third-order valence-electron chi connectivity index (χ3n) is 3.04. The lowest BCUT2D eigenvalue weighted by atomic mass is 10.2. The molecular weight excluding hydrogens is 228 g/mol. The van der Waals surface area contributed by atoms with Crippen molar-refractivity contribution >= 4 is 11.8 Å². The van der Waals surface area contributed by atoms with E-state index in [4.69, 9.17) is 0 Å². The fraction of sp³-hybridized carbons (Fsp3) is 0.429. The number of hydrogen-bond donors (Lipinski definition) is 1. The van der Waals surface area contributed by atoms with Gasteiger partial charge in [-0.05, 0) is 31.0 Å². The highest BCUT2D eigenvalue weighted by molar-refractivity contribution is 5.94. The zero-order chi connectivity index (χ0) is 12.8. The van der Waals surface area contributed by atoms with Gasteiger partial charge in [0.05, 0.1) is 0 Å². The number of nitrogens with one attached hydrogen (secondary N) is 1. The Morgan fingerprint density at radius 3 is 2.83 bits per heavy atom. The van der Waals surface area contributed by atoms with Crippen molar-refractivity contribution in [3.63, 3.8) is 0 Å². The highest BCUT2D eigenvalue weighted by atomic mass is 16.2. The van der Waals surface area contributed by atoms with E-state index in [9.17, 15) is 9.59 Å². The van der Waals surface area contributed by atoms with Crippen LogP contribution in [0.5, 0.6) is 0 Å². The van der Waals surface area contributed by atoms with Crippen LogP contribution in [0, 0.1) is 6.07 Å². The largest absolute Gasteiger partial charge is 0.352 e. The summed E-state index contributed by atoms with van der Waals surface area (Å²) < 4.78 is 0. The molecule has 1 aromatic rings. The normalized spacial score (nSPS) is 14.9. The molecule has 4 heteroatoms. The molecule has 0 aliphatic carbocycles. The molecule has 0 saturated carbocycles. The third-order valence-corrected chi connectivity index (χ3v) is 3.04. The molecule has 0 spiro atoms. The van der Waals surface area contributed by atoms with Gasteiger partial charge in [-0.15, -0.1) is 0 Å². The van der Waals surface area contributed by atoms with Gasteiger partial charge in [-0.1, -0.05) is 12.1 Å². The van der Waals surface area contributed by atoms with Gasteiger partial charge >= 0.3 is 0 Å². The Morgan fingerprint density at radius 1 is 1.39 bits per heavy atom. The van der Waals surface area contributed by atoms with E-state index in [1.54, 1.807) is 24.3 Å². The lowest BCUT2D eigenvalue weighted by Gasteiger charge is -2.15. The van der Waals surface area contributed by atoms with Crippen molar-refractivity contribution in [3.05, 3.63) is 35.9 Å². The second-order valence-corrected chi connectivity index (χ2v) is 4.38. The minimum absolute atomic E-state index is 0.0725. The summed E-state index contributed by atoms with van der Waals surface area (Å²) in [7, 11) is 0. The Kier molecular flexibility index (Phi) is 4.34. The quantitative estimate of drug-likeness (QED) is 0.793. The van der Waals surface area contributed by atoms with Crippen LogP contribution in [-0.4, -0.2) is 36.3 Å². The van der Waals surface area contributed by atoms with Crippen LogP contribution < -0.4 is 5.32 Å². The number of benzene rings is 1. The van der Waals surface area contributed by atoms with Crippen LogP contribution in [0.25, 0.3) is 0 Å². The van der Waals surface area contributed by atoms with Crippen molar-refractivity contribution in [2.24, 2.45) is 0 Å². The van der Waals surface area contributed by atoms with E-state index in [0.717, 1.165) is 25.9 Å². The molecule has 0 bridgehead atoms. The standard InChI is InChI=1S/C14H17N2O2/c17-13-8-4-10-16(13)11-5-9-15-14(18)12-6-2-1-3-7-12/h2-3,6-7H,4-5,8-11H2,(H,15,18). The third kappa shape index (κ3) is 3.32. The summed E-state index contributed by atoms with van der Waals surface area (Å²) in [4.78, 5) is 24.9. The van der Waals surface area contributed by atoms with Crippen LogP contribution in [0.3, 0.4) is 0 Å². The number of carbonyl (C=O) groups is 2. The zero-order valence-electron chi connectivity index (χ0n) is 10.3. The van der Waals surface area contributed by atoms with Crippen molar-refractivity contribution in [1.82, 2.24) is 10.2 Å². The van der Waals surface area contributed by atoms with E-state index < -0.39 is 0 Å². The first-order valence-corrected chi connectivity index (χ1v) is 6.29. The van der Waals surface area contributed by atoms with Crippen molar-refractivity contribution in [1.29, 1.82) is 0 Å². The molecule has 0 atom stereocenters. The Labute approximate surface area is 107 Å². The van der Waals surface area contributed by atoms with Crippen molar-refractivity contribution in [2.75, 3.05) is 19.6 Å². The number of carbonyl (C=O) groups excluding carboxylic acids is 2. The number of rotatable bonds is 5. The molecule has 1 aromatic carbocycles. The van der Waals surface area contributed by atoms with E-state index in [-0.39, 0.29) is 11.8 Å². The summed E-state index contributed by atoms with van der Waals surface area (Å²) in [6.07, 6.45) is 2.44. The number of nitrogens with zero attached hydrogens (tertiary/aromatic N) is 1.